The number of unbranched alkanes of at least 4 members (excludes halogenated alkanes) is 6. The Morgan fingerprint density at radius 1 is 0.821 bits per heavy atom. The summed E-state index contributed by atoms with van der Waals surface area (Å²) < 4.78 is 5.81. The Kier molecular flexibility index (Phi) is 12.5. The van der Waals surface area contributed by atoms with Crippen LogP contribution >= 0.6 is 0 Å². The second-order valence-electron chi connectivity index (χ2n) is 9.50. The first kappa shape index (κ1) is 25.0. The zero-order chi connectivity index (χ0) is 20.9. The summed E-state index contributed by atoms with van der Waals surface area (Å²) in [6.07, 6.45) is 14.0. The van der Waals surface area contributed by atoms with Gasteiger partial charge >= 0.3 is 11.9 Å². The van der Waals surface area contributed by atoms with Crippen LogP contribution in [0.5, 0.6) is 0 Å². The summed E-state index contributed by atoms with van der Waals surface area (Å²) in [5.41, 5.74) is 0. The van der Waals surface area contributed by atoms with Crippen LogP contribution in [0.1, 0.15) is 111 Å². The maximum atomic E-state index is 12.6. The molecular weight excluding hydrogens is 352 g/mol. The molecule has 1 N–H and O–H groups in total. The summed E-state index contributed by atoms with van der Waals surface area (Å²) in [6.45, 7) is 8.74. The minimum absolute atomic E-state index is 0.0880. The second kappa shape index (κ2) is 14.0. The number of carboxylic acids is 1. The molecule has 0 aromatic rings. The maximum Gasteiger partial charge on any atom is 0.310 e. The van der Waals surface area contributed by atoms with Gasteiger partial charge < -0.3 is 9.84 Å². The van der Waals surface area contributed by atoms with E-state index < -0.39 is 17.8 Å². The van der Waals surface area contributed by atoms with Crippen molar-refractivity contribution in [2.45, 2.75) is 117 Å². The number of hydrogen-bond donors (Lipinski definition) is 1. The van der Waals surface area contributed by atoms with Gasteiger partial charge in [-0.3, -0.25) is 9.59 Å². The number of aliphatic carboxylic acids is 1. The molecule has 0 aromatic carbocycles. The second-order valence-corrected chi connectivity index (χ2v) is 9.50. The molecular formula is C24H44O4. The van der Waals surface area contributed by atoms with Gasteiger partial charge in [0.05, 0.1) is 11.8 Å². The highest BCUT2D eigenvalue weighted by molar-refractivity contribution is 5.81. The SMILES string of the molecule is CC(C)CCCCCCCCCC(OC(=O)C1CCCCC1C(=O)O)C(C)C. The van der Waals surface area contributed by atoms with E-state index in [9.17, 15) is 14.7 Å². The normalized spacial score (nSPS) is 21.1. The summed E-state index contributed by atoms with van der Waals surface area (Å²) in [4.78, 5) is 24.1. The van der Waals surface area contributed by atoms with Gasteiger partial charge in [-0.15, -0.1) is 0 Å². The summed E-state index contributed by atoms with van der Waals surface area (Å²) in [7, 11) is 0. The number of ether oxygens (including phenoxy) is 1. The molecule has 0 heterocycles. The number of esters is 1. The summed E-state index contributed by atoms with van der Waals surface area (Å²) >= 11 is 0. The molecule has 0 amide bonds. The molecule has 164 valence electrons. The van der Waals surface area contributed by atoms with Gasteiger partial charge in [-0.1, -0.05) is 85.5 Å². The highest BCUT2D eigenvalue weighted by atomic mass is 16.5. The van der Waals surface area contributed by atoms with Crippen molar-refractivity contribution < 1.29 is 19.4 Å². The highest BCUT2D eigenvalue weighted by Gasteiger charge is 2.37. The molecule has 1 aliphatic carbocycles. The fourth-order valence-electron chi connectivity index (χ4n) is 4.26. The van der Waals surface area contributed by atoms with Crippen molar-refractivity contribution in [1.29, 1.82) is 0 Å². The van der Waals surface area contributed by atoms with E-state index >= 15 is 0 Å². The van der Waals surface area contributed by atoms with Crippen LogP contribution in [-0.2, 0) is 14.3 Å². The zero-order valence-corrected chi connectivity index (χ0v) is 18.8. The predicted octanol–water partition coefficient (Wildman–Crippen LogP) is 6.61. The Bertz CT molecular complexity index is 444. The first-order chi connectivity index (χ1) is 13.3. The molecule has 1 saturated carbocycles. The van der Waals surface area contributed by atoms with E-state index in [0.29, 0.717) is 12.8 Å². The van der Waals surface area contributed by atoms with Crippen molar-refractivity contribution in [3.05, 3.63) is 0 Å². The summed E-state index contributed by atoms with van der Waals surface area (Å²) in [5.74, 6) is -1.07. The van der Waals surface area contributed by atoms with Crippen LogP contribution in [0.3, 0.4) is 0 Å². The fraction of sp³-hybridized carbons (Fsp3) is 0.917. The molecule has 0 aromatic heterocycles. The molecule has 0 radical (unpaired) electrons. The van der Waals surface area contributed by atoms with Crippen LogP contribution in [0.15, 0.2) is 0 Å². The lowest BCUT2D eigenvalue weighted by Crippen LogP contribution is -2.36. The lowest BCUT2D eigenvalue weighted by molar-refractivity contribution is -0.165. The van der Waals surface area contributed by atoms with Crippen LogP contribution in [0, 0.1) is 23.7 Å². The van der Waals surface area contributed by atoms with Crippen LogP contribution in [0.25, 0.3) is 0 Å². The van der Waals surface area contributed by atoms with Crippen LogP contribution in [-0.4, -0.2) is 23.1 Å². The Labute approximate surface area is 172 Å². The van der Waals surface area contributed by atoms with Crippen LogP contribution < -0.4 is 0 Å². The molecule has 1 aliphatic rings. The lowest BCUT2D eigenvalue weighted by Gasteiger charge is -2.30. The van der Waals surface area contributed by atoms with E-state index in [-0.39, 0.29) is 18.0 Å². The Morgan fingerprint density at radius 3 is 1.82 bits per heavy atom. The Morgan fingerprint density at radius 2 is 1.32 bits per heavy atom. The van der Waals surface area contributed by atoms with Crippen molar-refractivity contribution >= 4 is 11.9 Å². The predicted molar refractivity (Wildman–Crippen MR) is 114 cm³/mol. The maximum absolute atomic E-state index is 12.6. The van der Waals surface area contributed by atoms with E-state index in [1.165, 1.54) is 44.9 Å². The van der Waals surface area contributed by atoms with Crippen molar-refractivity contribution in [2.75, 3.05) is 0 Å². The third kappa shape index (κ3) is 9.93. The van der Waals surface area contributed by atoms with Crippen LogP contribution in [0.2, 0.25) is 0 Å². The van der Waals surface area contributed by atoms with Crippen molar-refractivity contribution in [3.8, 4) is 0 Å². The van der Waals surface area contributed by atoms with Gasteiger partial charge in [0.15, 0.2) is 0 Å². The average Bonchev–Trinajstić information content (AvgIpc) is 2.65. The van der Waals surface area contributed by atoms with Crippen molar-refractivity contribution in [3.63, 3.8) is 0 Å². The Balaban J connectivity index is 2.27. The first-order valence-electron chi connectivity index (χ1n) is 11.8. The highest BCUT2D eigenvalue weighted by Crippen LogP contribution is 2.32. The van der Waals surface area contributed by atoms with E-state index in [1.807, 2.05) is 0 Å². The first-order valence-corrected chi connectivity index (χ1v) is 11.8. The van der Waals surface area contributed by atoms with E-state index in [1.54, 1.807) is 0 Å². The van der Waals surface area contributed by atoms with E-state index in [2.05, 4.69) is 27.7 Å². The van der Waals surface area contributed by atoms with Gasteiger partial charge in [-0.05, 0) is 37.5 Å². The molecule has 0 saturated heterocycles. The molecule has 3 unspecified atom stereocenters. The molecule has 0 spiro atoms. The summed E-state index contributed by atoms with van der Waals surface area (Å²) in [6, 6.07) is 0. The van der Waals surface area contributed by atoms with E-state index in [0.717, 1.165) is 31.6 Å². The molecule has 1 fully saturated rings. The molecule has 1 rings (SSSR count). The standard InChI is InChI=1S/C24H44O4/c1-18(2)14-10-8-6-5-7-9-11-17-22(19(3)4)28-24(27)21-16-13-12-15-20(21)23(25)26/h18-22H,5-17H2,1-4H3,(H,25,26). The van der Waals surface area contributed by atoms with Gasteiger partial charge in [0.2, 0.25) is 0 Å². The van der Waals surface area contributed by atoms with Gasteiger partial charge in [0.25, 0.3) is 0 Å². The number of rotatable bonds is 14. The zero-order valence-electron chi connectivity index (χ0n) is 18.8. The lowest BCUT2D eigenvalue weighted by atomic mass is 9.79. The molecule has 0 aliphatic heterocycles. The fourth-order valence-corrected chi connectivity index (χ4v) is 4.26. The smallest absolute Gasteiger partial charge is 0.310 e. The van der Waals surface area contributed by atoms with Gasteiger partial charge in [0.1, 0.15) is 6.10 Å². The minimum Gasteiger partial charge on any atom is -0.481 e. The molecule has 28 heavy (non-hydrogen) atoms. The quantitative estimate of drug-likeness (QED) is 0.265. The van der Waals surface area contributed by atoms with Gasteiger partial charge in [-0.25, -0.2) is 0 Å². The Hall–Kier alpha value is -1.06. The number of carbonyl (C=O) groups is 2. The summed E-state index contributed by atoms with van der Waals surface area (Å²) in [5, 5.41) is 9.40. The molecule has 4 heteroatoms. The van der Waals surface area contributed by atoms with E-state index in [4.69, 9.17) is 4.74 Å². The monoisotopic (exact) mass is 396 g/mol. The van der Waals surface area contributed by atoms with Gasteiger partial charge in [0, 0.05) is 0 Å². The minimum atomic E-state index is -0.851. The van der Waals surface area contributed by atoms with Gasteiger partial charge in [-0.2, -0.15) is 0 Å². The number of carboxylic acid groups (broad SMARTS) is 1. The third-order valence-corrected chi connectivity index (χ3v) is 6.17. The largest absolute Gasteiger partial charge is 0.481 e. The van der Waals surface area contributed by atoms with Crippen molar-refractivity contribution in [1.82, 2.24) is 0 Å². The molecule has 4 nitrogen and oxygen atoms in total. The number of hydrogen-bond acceptors (Lipinski definition) is 3. The van der Waals surface area contributed by atoms with Crippen LogP contribution in [0.4, 0.5) is 0 Å². The van der Waals surface area contributed by atoms with Crippen molar-refractivity contribution in [2.24, 2.45) is 23.7 Å². The number of carbonyl (C=O) groups excluding carboxylic acids is 1. The molecule has 0 bridgehead atoms. The molecule has 3 atom stereocenters. The topological polar surface area (TPSA) is 63.6 Å². The third-order valence-electron chi connectivity index (χ3n) is 6.17. The average molecular weight is 397 g/mol.